The van der Waals surface area contributed by atoms with E-state index in [4.69, 9.17) is 0 Å². The average Bonchev–Trinajstić information content (AvgIpc) is 1.80. The summed E-state index contributed by atoms with van der Waals surface area (Å²) in [6.07, 6.45) is 0. The summed E-state index contributed by atoms with van der Waals surface area (Å²) in [6.45, 7) is 67.4. The number of rotatable bonds is 6. The first-order valence-corrected chi connectivity index (χ1v) is 30.3. The molecule has 0 saturated heterocycles. The number of aromatic nitrogens is 1. The monoisotopic (exact) mass is 1160 g/mol. The van der Waals surface area contributed by atoms with Crippen molar-refractivity contribution in [2.75, 3.05) is 9.80 Å². The van der Waals surface area contributed by atoms with E-state index < -0.39 is 0 Å². The Labute approximate surface area is 528 Å². The molecule has 0 aliphatic heterocycles. The Balaban J connectivity index is 0.000000428. The molecule has 3 heteroatoms. The third kappa shape index (κ3) is 12.5. The zero-order valence-electron chi connectivity index (χ0n) is 57.1. The maximum Gasteiger partial charge on any atom is 0.0525 e. The highest BCUT2D eigenvalue weighted by molar-refractivity contribution is 6.14. The minimum absolute atomic E-state index is 0. The highest BCUT2D eigenvalue weighted by atomic mass is 15.2. The quantitative estimate of drug-likeness (QED) is 0.164. The zero-order valence-corrected chi connectivity index (χ0v) is 57.1. The first-order valence-electron chi connectivity index (χ1n) is 30.3. The molecular formula is C83H119N3. The molecule has 0 aliphatic carbocycles. The summed E-state index contributed by atoms with van der Waals surface area (Å²) in [4.78, 5) is 5.02. The van der Waals surface area contributed by atoms with Crippen molar-refractivity contribution >= 4 is 55.9 Å². The van der Waals surface area contributed by atoms with E-state index in [-0.39, 0.29) is 29.7 Å². The van der Waals surface area contributed by atoms with Gasteiger partial charge >= 0.3 is 0 Å². The van der Waals surface area contributed by atoms with Crippen LogP contribution < -0.4 is 9.80 Å². The largest absolute Gasteiger partial charge is 0.343 e. The van der Waals surface area contributed by atoms with Crippen LogP contribution in [0.2, 0.25) is 0 Å². The molecule has 0 saturated carbocycles. The Kier molecular flexibility index (Phi) is 25.6. The van der Waals surface area contributed by atoms with Gasteiger partial charge in [0.25, 0.3) is 0 Å². The maximum absolute atomic E-state index is 2.51. The summed E-state index contributed by atoms with van der Waals surface area (Å²) in [5.41, 5.74) is 49.7. The van der Waals surface area contributed by atoms with Crippen LogP contribution >= 0.6 is 0 Å². The molecule has 0 fully saturated rings. The lowest BCUT2D eigenvalue weighted by Gasteiger charge is -2.34. The number of benzene rings is 8. The van der Waals surface area contributed by atoms with Crippen molar-refractivity contribution in [2.24, 2.45) is 7.05 Å². The fourth-order valence-corrected chi connectivity index (χ4v) is 13.3. The van der Waals surface area contributed by atoms with Crippen molar-refractivity contribution in [3.05, 3.63) is 216 Å². The standard InChI is InChI=1S/2C28H35N.C21H27N.C2H6.4CH4/c2*1-16-18(3)22(7)27(23(8)19(16)4)29(26-14-12-11-13-15-26)28-24(9)20(5)17(2)21(6)25(28)10;1-10-12(3)16(7)20-18(14(10)5)19-15(6)11(2)13(4)17(8)21(19)22(20)9;1-2;;;;/h2*11-15H,1-10H3;1-9H3;1-2H3;4*1H4. The van der Waals surface area contributed by atoms with Gasteiger partial charge in [0.1, 0.15) is 0 Å². The molecule has 0 aliphatic rings. The summed E-state index contributed by atoms with van der Waals surface area (Å²) >= 11 is 0. The Hall–Kier alpha value is -6.84. The van der Waals surface area contributed by atoms with Crippen molar-refractivity contribution in [3.63, 3.8) is 0 Å². The van der Waals surface area contributed by atoms with E-state index in [0.29, 0.717) is 0 Å². The number of anilines is 6. The van der Waals surface area contributed by atoms with Crippen molar-refractivity contribution < 1.29 is 0 Å². The van der Waals surface area contributed by atoms with Gasteiger partial charge in [0, 0.05) is 29.2 Å². The average molecular weight is 1160 g/mol. The summed E-state index contributed by atoms with van der Waals surface area (Å²) in [5, 5.41) is 2.92. The Morgan fingerprint density at radius 1 is 0.209 bits per heavy atom. The van der Waals surface area contributed by atoms with Crippen LogP contribution in [-0.4, -0.2) is 4.57 Å². The fraction of sp³-hybridized carbons (Fsp3) is 0.422. The highest BCUT2D eigenvalue weighted by Crippen LogP contribution is 2.49. The van der Waals surface area contributed by atoms with Crippen LogP contribution in [-0.2, 0) is 7.05 Å². The maximum atomic E-state index is 2.51. The topological polar surface area (TPSA) is 11.4 Å². The SMILES string of the molecule is C.C.C.C.CC.Cc1c(C)c(C)c(N(c2ccccc2)c2c(C)c(C)c(C)c(C)c2C)c(C)c1C.Cc1c(C)c(C)c(N(c2ccccc2)c2c(C)c(C)c(C)c(C)c2C)c(C)c1C.Cc1c(C)c(C)c2c(c1C)c1c(C)c(C)c(C)c(C)c1n2C. The molecule has 9 aromatic rings. The number of para-hydroxylation sites is 2. The number of hydrogen-bond donors (Lipinski definition) is 0. The Morgan fingerprint density at radius 2 is 0.360 bits per heavy atom. The molecule has 0 spiro atoms. The molecule has 0 atom stereocenters. The van der Waals surface area contributed by atoms with Crippen LogP contribution in [0.25, 0.3) is 21.8 Å². The number of hydrogen-bond acceptors (Lipinski definition) is 2. The predicted octanol–water partition coefficient (Wildman–Crippen LogP) is 25.9. The van der Waals surface area contributed by atoms with Gasteiger partial charge in [0.05, 0.1) is 33.8 Å². The zero-order chi connectivity index (χ0) is 61.7. The third-order valence-corrected chi connectivity index (χ3v) is 21.0. The summed E-state index contributed by atoms with van der Waals surface area (Å²) < 4.78 is 2.42. The van der Waals surface area contributed by atoms with E-state index in [1.807, 2.05) is 13.8 Å². The van der Waals surface area contributed by atoms with Gasteiger partial charge in [-0.15, -0.1) is 0 Å². The Morgan fingerprint density at radius 3 is 0.547 bits per heavy atom. The molecular weight excluding hydrogens is 1040 g/mol. The minimum atomic E-state index is 0. The van der Waals surface area contributed by atoms with E-state index in [0.717, 1.165) is 0 Å². The van der Waals surface area contributed by atoms with Gasteiger partial charge in [-0.05, 0) is 374 Å². The van der Waals surface area contributed by atoms with Crippen LogP contribution in [0.3, 0.4) is 0 Å². The van der Waals surface area contributed by atoms with Crippen LogP contribution in [0.5, 0.6) is 0 Å². The lowest BCUT2D eigenvalue weighted by atomic mass is 9.89. The molecule has 0 unspecified atom stereocenters. The van der Waals surface area contributed by atoms with Crippen molar-refractivity contribution in [1.29, 1.82) is 0 Å². The highest BCUT2D eigenvalue weighted by Gasteiger charge is 2.28. The molecule has 1 heterocycles. The van der Waals surface area contributed by atoms with Crippen LogP contribution in [0, 0.1) is 194 Å². The lowest BCUT2D eigenvalue weighted by molar-refractivity contribution is 0.994. The summed E-state index contributed by atoms with van der Waals surface area (Å²) in [6, 6.07) is 21.7. The third-order valence-electron chi connectivity index (χ3n) is 21.0. The van der Waals surface area contributed by atoms with Gasteiger partial charge in [0.2, 0.25) is 0 Å². The Bertz CT molecular complexity index is 3440. The van der Waals surface area contributed by atoms with Crippen molar-refractivity contribution in [3.8, 4) is 0 Å². The first-order chi connectivity index (χ1) is 38.4. The van der Waals surface area contributed by atoms with E-state index in [1.165, 1.54) is 212 Å². The van der Waals surface area contributed by atoms with E-state index >= 15 is 0 Å². The molecule has 0 radical (unpaired) electrons. The van der Waals surface area contributed by atoms with Gasteiger partial charge in [0.15, 0.2) is 0 Å². The molecule has 0 amide bonds. The second-order valence-corrected chi connectivity index (χ2v) is 24.2. The van der Waals surface area contributed by atoms with Gasteiger partial charge in [-0.1, -0.05) is 80.0 Å². The molecule has 8 aromatic carbocycles. The molecule has 1 aromatic heterocycles. The summed E-state index contributed by atoms with van der Waals surface area (Å²) in [5.74, 6) is 0. The van der Waals surface area contributed by atoms with Crippen LogP contribution in [0.1, 0.15) is 199 Å². The first kappa shape index (κ1) is 75.3. The minimum Gasteiger partial charge on any atom is -0.343 e. The van der Waals surface area contributed by atoms with Crippen molar-refractivity contribution in [1.82, 2.24) is 4.57 Å². The molecule has 3 nitrogen and oxygen atoms in total. The lowest BCUT2D eigenvalue weighted by Crippen LogP contribution is -2.18. The molecule has 86 heavy (non-hydrogen) atoms. The smallest absolute Gasteiger partial charge is 0.0525 e. The predicted molar refractivity (Wildman–Crippen MR) is 394 cm³/mol. The fourth-order valence-electron chi connectivity index (χ4n) is 13.3. The molecule has 0 N–H and O–H groups in total. The second kappa shape index (κ2) is 29.2. The molecule has 9 rings (SSSR count). The molecule has 466 valence electrons. The second-order valence-electron chi connectivity index (χ2n) is 24.2. The van der Waals surface area contributed by atoms with E-state index in [1.54, 1.807) is 0 Å². The normalized spacial score (nSPS) is 10.6. The van der Waals surface area contributed by atoms with E-state index in [9.17, 15) is 0 Å². The molecule has 0 bridgehead atoms. The van der Waals surface area contributed by atoms with Gasteiger partial charge in [-0.25, -0.2) is 0 Å². The number of nitrogens with zero attached hydrogens (tertiary/aromatic N) is 3. The number of aryl methyl sites for hydroxylation is 5. The van der Waals surface area contributed by atoms with Gasteiger partial charge in [-0.2, -0.15) is 0 Å². The van der Waals surface area contributed by atoms with Gasteiger partial charge in [-0.3, -0.25) is 0 Å². The van der Waals surface area contributed by atoms with Crippen LogP contribution in [0.4, 0.5) is 34.1 Å². The van der Waals surface area contributed by atoms with Gasteiger partial charge < -0.3 is 14.4 Å². The number of fused-ring (bicyclic) bond motifs is 3. The van der Waals surface area contributed by atoms with E-state index in [2.05, 4.69) is 276 Å². The van der Waals surface area contributed by atoms with Crippen LogP contribution in [0.15, 0.2) is 60.7 Å². The summed E-state index contributed by atoms with van der Waals surface area (Å²) in [7, 11) is 2.23. The van der Waals surface area contributed by atoms with Crippen molar-refractivity contribution in [2.45, 2.75) is 237 Å².